The number of rotatable bonds is 3. The number of hydrogen-bond donors (Lipinski definition) is 1. The molecule has 0 atom stereocenters. The SMILES string of the molecule is CC(C)(N)Cc1csc(-c2ccccc2F)n1. The second kappa shape index (κ2) is 4.55. The van der Waals surface area contributed by atoms with Gasteiger partial charge in [0, 0.05) is 22.9 Å². The lowest BCUT2D eigenvalue weighted by atomic mass is 10.0. The van der Waals surface area contributed by atoms with Crippen LogP contribution in [-0.4, -0.2) is 10.5 Å². The summed E-state index contributed by atoms with van der Waals surface area (Å²) in [7, 11) is 0. The summed E-state index contributed by atoms with van der Waals surface area (Å²) in [6, 6.07) is 6.68. The first-order valence-electron chi connectivity index (χ1n) is 5.44. The summed E-state index contributed by atoms with van der Waals surface area (Å²) < 4.78 is 13.6. The number of halogens is 1. The summed E-state index contributed by atoms with van der Waals surface area (Å²) in [5.74, 6) is -0.236. The fourth-order valence-corrected chi connectivity index (χ4v) is 2.46. The van der Waals surface area contributed by atoms with Gasteiger partial charge in [0.05, 0.1) is 5.69 Å². The highest BCUT2D eigenvalue weighted by Gasteiger charge is 2.15. The van der Waals surface area contributed by atoms with E-state index < -0.39 is 0 Å². The van der Waals surface area contributed by atoms with Gasteiger partial charge in [-0.2, -0.15) is 0 Å². The number of nitrogens with zero attached hydrogens (tertiary/aromatic N) is 1. The van der Waals surface area contributed by atoms with Crippen LogP contribution in [0.1, 0.15) is 19.5 Å². The quantitative estimate of drug-likeness (QED) is 0.908. The van der Waals surface area contributed by atoms with Crippen molar-refractivity contribution in [3.63, 3.8) is 0 Å². The van der Waals surface area contributed by atoms with Crippen molar-refractivity contribution in [1.82, 2.24) is 4.98 Å². The largest absolute Gasteiger partial charge is 0.325 e. The molecular formula is C13H15FN2S. The highest BCUT2D eigenvalue weighted by atomic mass is 32.1. The molecule has 0 saturated heterocycles. The van der Waals surface area contributed by atoms with Crippen LogP contribution in [0.2, 0.25) is 0 Å². The van der Waals surface area contributed by atoms with Gasteiger partial charge in [0.25, 0.3) is 0 Å². The first-order valence-corrected chi connectivity index (χ1v) is 6.32. The molecule has 4 heteroatoms. The third kappa shape index (κ3) is 3.11. The van der Waals surface area contributed by atoms with Gasteiger partial charge >= 0.3 is 0 Å². The third-order valence-corrected chi connectivity index (χ3v) is 3.22. The van der Waals surface area contributed by atoms with E-state index in [9.17, 15) is 4.39 Å². The highest BCUT2D eigenvalue weighted by molar-refractivity contribution is 7.13. The van der Waals surface area contributed by atoms with Crippen LogP contribution in [0.25, 0.3) is 10.6 Å². The Morgan fingerprint density at radius 1 is 1.35 bits per heavy atom. The predicted octanol–water partition coefficient (Wildman–Crippen LogP) is 3.23. The van der Waals surface area contributed by atoms with Crippen molar-refractivity contribution >= 4 is 11.3 Å². The molecule has 0 unspecified atom stereocenters. The zero-order valence-electron chi connectivity index (χ0n) is 9.90. The van der Waals surface area contributed by atoms with Gasteiger partial charge in [-0.1, -0.05) is 12.1 Å². The smallest absolute Gasteiger partial charge is 0.133 e. The zero-order chi connectivity index (χ0) is 12.5. The average molecular weight is 250 g/mol. The molecule has 1 aromatic carbocycles. The van der Waals surface area contributed by atoms with Crippen LogP contribution in [0, 0.1) is 5.82 Å². The standard InChI is InChI=1S/C13H15FN2S/c1-13(2,15)7-9-8-17-12(16-9)10-5-3-4-6-11(10)14/h3-6,8H,7,15H2,1-2H3. The summed E-state index contributed by atoms with van der Waals surface area (Å²) in [5, 5.41) is 2.65. The number of thiazole rings is 1. The fourth-order valence-electron chi connectivity index (χ4n) is 1.61. The Hall–Kier alpha value is -1.26. The van der Waals surface area contributed by atoms with Gasteiger partial charge in [-0.25, -0.2) is 9.37 Å². The predicted molar refractivity (Wildman–Crippen MR) is 69.5 cm³/mol. The van der Waals surface area contributed by atoms with Crippen LogP contribution in [0.5, 0.6) is 0 Å². The van der Waals surface area contributed by atoms with Gasteiger partial charge in [-0.3, -0.25) is 0 Å². The molecule has 0 amide bonds. The monoisotopic (exact) mass is 250 g/mol. The molecular weight excluding hydrogens is 235 g/mol. The fraction of sp³-hybridized carbons (Fsp3) is 0.308. The van der Waals surface area contributed by atoms with Crippen molar-refractivity contribution in [2.45, 2.75) is 25.8 Å². The maximum absolute atomic E-state index is 13.6. The molecule has 2 N–H and O–H groups in total. The molecule has 1 heterocycles. The molecule has 0 fully saturated rings. The zero-order valence-corrected chi connectivity index (χ0v) is 10.7. The lowest BCUT2D eigenvalue weighted by Crippen LogP contribution is -2.34. The minimum absolute atomic E-state index is 0.236. The van der Waals surface area contributed by atoms with Crippen LogP contribution >= 0.6 is 11.3 Å². The average Bonchev–Trinajstić information content (AvgIpc) is 2.64. The van der Waals surface area contributed by atoms with Crippen molar-refractivity contribution in [2.24, 2.45) is 5.73 Å². The summed E-state index contributed by atoms with van der Waals surface area (Å²) in [5.41, 5.74) is 7.12. The Morgan fingerprint density at radius 2 is 2.06 bits per heavy atom. The van der Waals surface area contributed by atoms with Gasteiger partial charge in [0.2, 0.25) is 0 Å². The molecule has 2 nitrogen and oxygen atoms in total. The molecule has 0 bridgehead atoms. The number of benzene rings is 1. The summed E-state index contributed by atoms with van der Waals surface area (Å²) >= 11 is 1.45. The molecule has 2 rings (SSSR count). The maximum atomic E-state index is 13.6. The van der Waals surface area contributed by atoms with Crippen LogP contribution in [-0.2, 0) is 6.42 Å². The molecule has 0 aliphatic heterocycles. The number of hydrogen-bond acceptors (Lipinski definition) is 3. The summed E-state index contributed by atoms with van der Waals surface area (Å²) in [4.78, 5) is 4.43. The second-order valence-electron chi connectivity index (χ2n) is 4.79. The minimum Gasteiger partial charge on any atom is -0.325 e. The van der Waals surface area contributed by atoms with Crippen molar-refractivity contribution in [1.29, 1.82) is 0 Å². The van der Waals surface area contributed by atoms with Gasteiger partial charge in [-0.15, -0.1) is 11.3 Å². The maximum Gasteiger partial charge on any atom is 0.133 e. The van der Waals surface area contributed by atoms with Crippen LogP contribution in [0.3, 0.4) is 0 Å². The first kappa shape index (κ1) is 12.2. The van der Waals surface area contributed by atoms with E-state index in [1.165, 1.54) is 17.4 Å². The molecule has 17 heavy (non-hydrogen) atoms. The highest BCUT2D eigenvalue weighted by Crippen LogP contribution is 2.26. The Balaban J connectivity index is 2.28. The Bertz CT molecular complexity index is 514. The van der Waals surface area contributed by atoms with E-state index in [1.54, 1.807) is 12.1 Å². The van der Waals surface area contributed by atoms with Crippen molar-refractivity contribution < 1.29 is 4.39 Å². The van der Waals surface area contributed by atoms with Gasteiger partial charge in [0.15, 0.2) is 0 Å². The molecule has 0 aliphatic rings. The molecule has 90 valence electrons. The van der Waals surface area contributed by atoms with Crippen molar-refractivity contribution in [3.05, 3.63) is 41.2 Å². The van der Waals surface area contributed by atoms with E-state index in [0.29, 0.717) is 17.0 Å². The molecule has 1 aromatic heterocycles. The third-order valence-electron chi connectivity index (χ3n) is 2.29. The van der Waals surface area contributed by atoms with E-state index in [-0.39, 0.29) is 11.4 Å². The second-order valence-corrected chi connectivity index (χ2v) is 5.65. The van der Waals surface area contributed by atoms with Gasteiger partial charge < -0.3 is 5.73 Å². The Labute approximate surface area is 104 Å². The minimum atomic E-state index is -0.291. The summed E-state index contributed by atoms with van der Waals surface area (Å²) in [6.07, 6.45) is 0.692. The lowest BCUT2D eigenvalue weighted by Gasteiger charge is -2.16. The van der Waals surface area contributed by atoms with E-state index in [0.717, 1.165) is 5.69 Å². The molecule has 0 spiro atoms. The number of aromatic nitrogens is 1. The number of nitrogens with two attached hydrogens (primary N) is 1. The van der Waals surface area contributed by atoms with E-state index >= 15 is 0 Å². The van der Waals surface area contributed by atoms with Crippen LogP contribution in [0.15, 0.2) is 29.6 Å². The Morgan fingerprint density at radius 3 is 2.71 bits per heavy atom. The van der Waals surface area contributed by atoms with E-state index in [1.807, 2.05) is 25.3 Å². The van der Waals surface area contributed by atoms with E-state index in [4.69, 9.17) is 5.73 Å². The topological polar surface area (TPSA) is 38.9 Å². The summed E-state index contributed by atoms with van der Waals surface area (Å²) in [6.45, 7) is 3.91. The Kier molecular flexibility index (Phi) is 3.26. The van der Waals surface area contributed by atoms with E-state index in [2.05, 4.69) is 4.98 Å². The van der Waals surface area contributed by atoms with Crippen molar-refractivity contribution in [2.75, 3.05) is 0 Å². The molecule has 0 aliphatic carbocycles. The van der Waals surface area contributed by atoms with Gasteiger partial charge in [0.1, 0.15) is 10.8 Å². The lowest BCUT2D eigenvalue weighted by molar-refractivity contribution is 0.511. The van der Waals surface area contributed by atoms with Crippen molar-refractivity contribution in [3.8, 4) is 10.6 Å². The molecule has 2 aromatic rings. The van der Waals surface area contributed by atoms with Crippen LogP contribution in [0.4, 0.5) is 4.39 Å². The first-order chi connectivity index (χ1) is 7.96. The molecule has 0 saturated carbocycles. The normalized spacial score (nSPS) is 11.8. The molecule has 0 radical (unpaired) electrons. The van der Waals surface area contributed by atoms with Crippen LogP contribution < -0.4 is 5.73 Å². The van der Waals surface area contributed by atoms with Gasteiger partial charge in [-0.05, 0) is 26.0 Å².